The highest BCUT2D eigenvalue weighted by molar-refractivity contribution is 6.90. The lowest BCUT2D eigenvalue weighted by Crippen LogP contribution is -2.63. The van der Waals surface area contributed by atoms with Crippen LogP contribution in [0.25, 0.3) is 32.9 Å². The predicted octanol–water partition coefficient (Wildman–Crippen LogP) is 10.8. The van der Waals surface area contributed by atoms with Gasteiger partial charge in [-0.25, -0.2) is 22.9 Å². The second-order valence-electron chi connectivity index (χ2n) is 21.1. The predicted molar refractivity (Wildman–Crippen MR) is 246 cm³/mol. The highest BCUT2D eigenvalue weighted by Crippen LogP contribution is 2.48. The van der Waals surface area contributed by atoms with Crippen molar-refractivity contribution in [1.82, 2.24) is 24.8 Å². The minimum atomic E-state index is -2.28. The number of pyridine rings is 1. The van der Waals surface area contributed by atoms with E-state index in [-0.39, 0.29) is 59.5 Å². The average molecular weight is 881 g/mol. The van der Waals surface area contributed by atoms with Crippen molar-refractivity contribution >= 4 is 41.7 Å². The van der Waals surface area contributed by atoms with Crippen molar-refractivity contribution < 1.29 is 27.4 Å². The molecule has 5 aliphatic rings. The monoisotopic (exact) mass is 880 g/mol. The summed E-state index contributed by atoms with van der Waals surface area (Å²) in [6.45, 7) is 23.0. The molecule has 4 fully saturated rings. The molecule has 9 nitrogen and oxygen atoms in total. The van der Waals surface area contributed by atoms with Crippen LogP contribution in [0.3, 0.4) is 0 Å². The van der Waals surface area contributed by atoms with Crippen molar-refractivity contribution in [2.24, 2.45) is 5.92 Å². The molecule has 0 unspecified atom stereocenters. The molecule has 5 aliphatic heterocycles. The first-order chi connectivity index (χ1) is 29.8. The highest BCUT2D eigenvalue weighted by Gasteiger charge is 2.54. The zero-order valence-corrected chi connectivity index (χ0v) is 39.6. The van der Waals surface area contributed by atoms with Gasteiger partial charge in [-0.3, -0.25) is 9.80 Å². The van der Waals surface area contributed by atoms with Crippen LogP contribution in [0.1, 0.15) is 113 Å². The van der Waals surface area contributed by atoms with Crippen molar-refractivity contribution in [3.05, 3.63) is 53.2 Å². The number of hydrogen-bond acceptors (Lipinski definition) is 8. The molecule has 0 N–H and O–H groups in total. The van der Waals surface area contributed by atoms with Crippen molar-refractivity contribution in [2.45, 2.75) is 160 Å². The number of rotatable bonds is 7. The minimum absolute atomic E-state index is 0.0196. The fraction of sp³-hybridized carbons (Fsp3) is 0.600. The maximum atomic E-state index is 18.0. The van der Waals surface area contributed by atoms with Crippen LogP contribution in [0, 0.1) is 29.0 Å². The second-order valence-corrected chi connectivity index (χ2v) is 26.7. The van der Waals surface area contributed by atoms with E-state index in [1.807, 2.05) is 37.8 Å². The molecule has 0 aliphatic carbocycles. The van der Waals surface area contributed by atoms with E-state index < -0.39 is 37.0 Å². The third-order valence-corrected chi connectivity index (χ3v) is 21.5. The fourth-order valence-corrected chi connectivity index (χ4v) is 17.9. The van der Waals surface area contributed by atoms with Gasteiger partial charge in [-0.15, -0.1) is 5.54 Å². The van der Waals surface area contributed by atoms with Gasteiger partial charge in [-0.2, -0.15) is 9.97 Å². The van der Waals surface area contributed by atoms with Gasteiger partial charge in [0.1, 0.15) is 49.3 Å². The van der Waals surface area contributed by atoms with Gasteiger partial charge in [0, 0.05) is 30.5 Å². The number of fused-ring (bicyclic) bond motifs is 7. The summed E-state index contributed by atoms with van der Waals surface area (Å²) < 4.78 is 61.7. The Morgan fingerprint density at radius 1 is 0.984 bits per heavy atom. The molecule has 336 valence electrons. The van der Waals surface area contributed by atoms with E-state index in [1.165, 1.54) is 6.07 Å². The zero-order valence-electron chi connectivity index (χ0n) is 38.6. The van der Waals surface area contributed by atoms with E-state index in [0.717, 1.165) is 37.6 Å². The molecule has 7 heterocycles. The summed E-state index contributed by atoms with van der Waals surface area (Å²) in [6.07, 6.45) is 2.90. The van der Waals surface area contributed by atoms with Crippen LogP contribution in [-0.4, -0.2) is 101 Å². The van der Waals surface area contributed by atoms with Gasteiger partial charge in [0.25, 0.3) is 0 Å². The van der Waals surface area contributed by atoms with Crippen LogP contribution in [0.15, 0.2) is 30.3 Å². The molecule has 0 radical (unpaired) electrons. The molecular formula is C50H63F3N6O3Si. The molecule has 2 aromatic carbocycles. The van der Waals surface area contributed by atoms with Crippen LogP contribution < -0.4 is 9.64 Å². The van der Waals surface area contributed by atoms with E-state index in [0.29, 0.717) is 70.4 Å². The molecule has 6 atom stereocenters. The second kappa shape index (κ2) is 15.9. The number of piperazine rings is 1. The number of benzene rings is 2. The number of carbonyl (C=O) groups excluding carboxylic acids is 1. The number of halogens is 3. The Kier molecular flexibility index (Phi) is 11.1. The van der Waals surface area contributed by atoms with Gasteiger partial charge in [-0.05, 0) is 93.4 Å². The molecule has 0 saturated carbocycles. The van der Waals surface area contributed by atoms with E-state index >= 15 is 8.78 Å². The van der Waals surface area contributed by atoms with E-state index in [1.54, 1.807) is 12.1 Å². The average Bonchev–Trinajstić information content (AvgIpc) is 3.82. The first-order valence-corrected chi connectivity index (χ1v) is 25.5. The SMILES string of the molecule is CC(C)[Si](C#Cc1c(F)ccc2cccc(-c3nc4c5c(nc(OC[C@@]67CCCN6C[C@H](F)C7)nc5c3F)N3C[C@H]5CC[C@@H]([C@H]3[C@H](C)C4)N5C(=O)OC(C)(C)C)c12)(C(C)C)C(C)C. The maximum absolute atomic E-state index is 18.0. The fourth-order valence-electron chi connectivity index (χ4n) is 12.7. The molecule has 2 bridgehead atoms. The van der Waals surface area contributed by atoms with Crippen molar-refractivity contribution in [3.63, 3.8) is 0 Å². The summed E-state index contributed by atoms with van der Waals surface area (Å²) in [4.78, 5) is 35.4. The van der Waals surface area contributed by atoms with Gasteiger partial charge in [0.2, 0.25) is 0 Å². The number of nitrogens with zero attached hydrogens (tertiary/aromatic N) is 6. The molecule has 9 rings (SSSR count). The quantitative estimate of drug-likeness (QED) is 0.134. The molecule has 1 amide bonds. The van der Waals surface area contributed by atoms with Crippen LogP contribution in [0.5, 0.6) is 6.01 Å². The minimum Gasteiger partial charge on any atom is -0.461 e. The summed E-state index contributed by atoms with van der Waals surface area (Å²) in [7, 11) is -2.28. The van der Waals surface area contributed by atoms with Crippen molar-refractivity contribution in [1.29, 1.82) is 0 Å². The molecule has 13 heteroatoms. The number of alkyl halides is 1. The number of anilines is 1. The normalized spacial score (nSPS) is 25.8. The van der Waals surface area contributed by atoms with E-state index in [9.17, 15) is 9.18 Å². The Bertz CT molecular complexity index is 2510. The van der Waals surface area contributed by atoms with Crippen LogP contribution in [-0.2, 0) is 11.2 Å². The van der Waals surface area contributed by atoms with E-state index in [4.69, 9.17) is 24.4 Å². The first-order valence-electron chi connectivity index (χ1n) is 23.3. The number of aromatic nitrogens is 3. The van der Waals surface area contributed by atoms with Crippen LogP contribution in [0.4, 0.5) is 23.8 Å². The largest absolute Gasteiger partial charge is 0.461 e. The summed E-state index contributed by atoms with van der Waals surface area (Å²) >= 11 is 0. The third kappa shape index (κ3) is 7.26. The molecule has 4 saturated heterocycles. The van der Waals surface area contributed by atoms with E-state index in [2.05, 4.69) is 69.7 Å². The highest BCUT2D eigenvalue weighted by atomic mass is 28.3. The summed E-state index contributed by atoms with van der Waals surface area (Å²) in [5.74, 6) is 2.75. The molecule has 63 heavy (non-hydrogen) atoms. The summed E-state index contributed by atoms with van der Waals surface area (Å²) in [5.41, 5.74) is 5.04. The summed E-state index contributed by atoms with van der Waals surface area (Å²) in [5, 5.41) is 1.76. The molecule has 0 spiro atoms. The number of carbonyl (C=O) groups is 1. The number of ether oxygens (including phenoxy) is 2. The Balaban J connectivity index is 1.23. The van der Waals surface area contributed by atoms with Crippen LogP contribution in [0.2, 0.25) is 16.6 Å². The Morgan fingerprint density at radius 3 is 2.44 bits per heavy atom. The smallest absolute Gasteiger partial charge is 0.410 e. The number of hydrogen-bond donors (Lipinski definition) is 0. The third-order valence-electron chi connectivity index (χ3n) is 15.3. The van der Waals surface area contributed by atoms with Crippen molar-refractivity contribution in [2.75, 3.05) is 31.1 Å². The standard InChI is InChI=1S/C50H63F3N6O3Si/c1-28(2)63(29(3)4,30(5)6)22-19-35-37(52)17-15-32-13-11-14-36(40(32)35)43-42(53)44-41-38(54-43)23-31(7)45-39-18-16-34(59(39)48(60)62-49(8,9)10)26-58(45)46(41)56-47(55-44)61-27-50-20-12-21-57(50)25-33(51)24-50/h11,13-15,17,28-31,33-34,39,45H,12,16,18,20-21,23-27H2,1-10H3/t31-,33-,34-,39+,45-,50+/m1/s1. The van der Waals surface area contributed by atoms with Gasteiger partial charge < -0.3 is 14.4 Å². The lowest BCUT2D eigenvalue weighted by Gasteiger charge is -2.49. The molecule has 2 aromatic heterocycles. The lowest BCUT2D eigenvalue weighted by molar-refractivity contribution is 0.00489. The summed E-state index contributed by atoms with van der Waals surface area (Å²) in [6, 6.07) is 8.26. The van der Waals surface area contributed by atoms with Gasteiger partial charge in [-0.1, -0.05) is 78.7 Å². The molecular weight excluding hydrogens is 818 g/mol. The lowest BCUT2D eigenvalue weighted by atomic mass is 9.88. The maximum Gasteiger partial charge on any atom is 0.410 e. The van der Waals surface area contributed by atoms with Gasteiger partial charge in [0.15, 0.2) is 5.82 Å². The Labute approximate surface area is 371 Å². The van der Waals surface area contributed by atoms with Crippen molar-refractivity contribution in [3.8, 4) is 28.7 Å². The Hall–Kier alpha value is -4.41. The zero-order chi connectivity index (χ0) is 44.9. The van der Waals surface area contributed by atoms with Gasteiger partial charge >= 0.3 is 12.1 Å². The first kappa shape index (κ1) is 43.8. The Morgan fingerprint density at radius 2 is 1.73 bits per heavy atom. The van der Waals surface area contributed by atoms with Gasteiger partial charge in [0.05, 0.1) is 40.3 Å². The number of amides is 1. The molecule has 4 aromatic rings. The van der Waals surface area contributed by atoms with Crippen LogP contribution >= 0.6 is 0 Å². The topological polar surface area (TPSA) is 83.9 Å².